The Labute approximate surface area is 107 Å². The Kier molecular flexibility index (Phi) is 3.33. The minimum absolute atomic E-state index is 0.154. The summed E-state index contributed by atoms with van der Waals surface area (Å²) in [5.41, 5.74) is -0.580. The van der Waals surface area contributed by atoms with Gasteiger partial charge in [-0.2, -0.15) is 0 Å². The minimum atomic E-state index is -0.854. The summed E-state index contributed by atoms with van der Waals surface area (Å²) in [5, 5.41) is 9.10. The van der Waals surface area contributed by atoms with Crippen molar-refractivity contribution in [2.24, 2.45) is 0 Å². The number of ether oxygens (including phenoxy) is 1. The van der Waals surface area contributed by atoms with Crippen molar-refractivity contribution in [1.29, 1.82) is 0 Å². The number of aromatic hydroxyl groups is 1. The van der Waals surface area contributed by atoms with E-state index in [0.717, 1.165) is 16.7 Å². The first-order valence-electron chi connectivity index (χ1n) is 5.33. The summed E-state index contributed by atoms with van der Waals surface area (Å²) >= 11 is 0. The first-order valence-corrected chi connectivity index (χ1v) is 5.33. The van der Waals surface area contributed by atoms with Gasteiger partial charge in [0.1, 0.15) is 5.56 Å². The van der Waals surface area contributed by atoms with Crippen molar-refractivity contribution in [2.45, 2.75) is 0 Å². The molecule has 1 aromatic heterocycles. The van der Waals surface area contributed by atoms with Gasteiger partial charge in [-0.1, -0.05) is 0 Å². The third-order valence-corrected chi connectivity index (χ3v) is 2.56. The van der Waals surface area contributed by atoms with Crippen LogP contribution in [0.1, 0.15) is 10.4 Å². The number of hydrogen-bond donors (Lipinski definition) is 1. The zero-order chi connectivity index (χ0) is 14.0. The normalized spacial score (nSPS) is 10.2. The molecule has 0 atom stereocenters. The van der Waals surface area contributed by atoms with Crippen molar-refractivity contribution in [1.82, 2.24) is 4.57 Å². The van der Waals surface area contributed by atoms with E-state index in [2.05, 4.69) is 4.74 Å². The van der Waals surface area contributed by atoms with E-state index in [0.29, 0.717) is 0 Å². The lowest BCUT2D eigenvalue weighted by Gasteiger charge is -2.07. The molecular formula is C13H10FNO4. The van der Waals surface area contributed by atoms with E-state index in [9.17, 15) is 14.0 Å². The first-order chi connectivity index (χ1) is 9.04. The molecule has 0 radical (unpaired) electrons. The predicted octanol–water partition coefficient (Wildman–Crippen LogP) is 1.47. The van der Waals surface area contributed by atoms with Crippen LogP contribution in [0.4, 0.5) is 4.39 Å². The van der Waals surface area contributed by atoms with Crippen LogP contribution in [0.2, 0.25) is 0 Å². The fraction of sp³-hybridized carbons (Fsp3) is 0.0769. The Morgan fingerprint density at radius 3 is 2.74 bits per heavy atom. The highest BCUT2D eigenvalue weighted by Crippen LogP contribution is 2.18. The molecule has 0 saturated carbocycles. The van der Waals surface area contributed by atoms with E-state index in [-0.39, 0.29) is 11.3 Å². The molecule has 0 aliphatic heterocycles. The molecule has 0 aliphatic carbocycles. The molecule has 19 heavy (non-hydrogen) atoms. The van der Waals surface area contributed by atoms with Gasteiger partial charge in [0, 0.05) is 12.3 Å². The van der Waals surface area contributed by atoms with Gasteiger partial charge in [-0.05, 0) is 24.3 Å². The second kappa shape index (κ2) is 4.93. The maximum absolute atomic E-state index is 13.3. The molecular weight excluding hydrogens is 253 g/mol. The van der Waals surface area contributed by atoms with Gasteiger partial charge in [0.15, 0.2) is 11.6 Å². The van der Waals surface area contributed by atoms with Crippen LogP contribution in [0, 0.1) is 5.82 Å². The summed E-state index contributed by atoms with van der Waals surface area (Å²) in [6, 6.07) is 6.28. The molecule has 1 N–H and O–H groups in total. The van der Waals surface area contributed by atoms with Crippen LogP contribution in [0.3, 0.4) is 0 Å². The van der Waals surface area contributed by atoms with Crippen LogP contribution in [-0.4, -0.2) is 22.8 Å². The van der Waals surface area contributed by atoms with Gasteiger partial charge >= 0.3 is 5.97 Å². The Bertz CT molecular complexity index is 693. The zero-order valence-corrected chi connectivity index (χ0v) is 9.96. The smallest absolute Gasteiger partial charge is 0.343 e. The summed E-state index contributed by atoms with van der Waals surface area (Å²) in [7, 11) is 1.17. The Morgan fingerprint density at radius 2 is 2.11 bits per heavy atom. The highest BCUT2D eigenvalue weighted by atomic mass is 19.1. The number of aromatic nitrogens is 1. The van der Waals surface area contributed by atoms with Crippen LogP contribution >= 0.6 is 0 Å². The maximum Gasteiger partial charge on any atom is 0.343 e. The number of carbonyl (C=O) groups is 1. The van der Waals surface area contributed by atoms with Crippen molar-refractivity contribution in [3.8, 4) is 11.4 Å². The van der Waals surface area contributed by atoms with Crippen LogP contribution in [0.25, 0.3) is 5.69 Å². The minimum Gasteiger partial charge on any atom is -0.505 e. The SMILES string of the molecule is COC(=O)c1cccn(-c2ccc(O)c(F)c2)c1=O. The van der Waals surface area contributed by atoms with E-state index in [1.807, 2.05) is 0 Å². The number of carbonyl (C=O) groups excluding carboxylic acids is 1. The van der Waals surface area contributed by atoms with Gasteiger partial charge in [0.05, 0.1) is 12.8 Å². The number of phenols is 1. The number of nitrogens with zero attached hydrogens (tertiary/aromatic N) is 1. The van der Waals surface area contributed by atoms with Gasteiger partial charge < -0.3 is 9.84 Å². The number of halogens is 1. The molecule has 1 aromatic carbocycles. The molecule has 0 spiro atoms. The van der Waals surface area contributed by atoms with Gasteiger partial charge in [-0.15, -0.1) is 0 Å². The Morgan fingerprint density at radius 1 is 1.37 bits per heavy atom. The van der Waals surface area contributed by atoms with Gasteiger partial charge in [-0.25, -0.2) is 9.18 Å². The van der Waals surface area contributed by atoms with Gasteiger partial charge in [-0.3, -0.25) is 9.36 Å². The topological polar surface area (TPSA) is 68.5 Å². The summed E-state index contributed by atoms with van der Waals surface area (Å²) in [5.74, 6) is -2.13. The number of benzene rings is 1. The van der Waals surface area contributed by atoms with E-state index in [1.165, 1.54) is 31.5 Å². The van der Waals surface area contributed by atoms with Crippen molar-refractivity contribution >= 4 is 5.97 Å². The summed E-state index contributed by atoms with van der Waals surface area (Å²) < 4.78 is 18.8. The highest BCUT2D eigenvalue weighted by molar-refractivity contribution is 5.88. The summed E-state index contributed by atoms with van der Waals surface area (Å²) in [4.78, 5) is 23.4. The molecule has 2 aromatic rings. The highest BCUT2D eigenvalue weighted by Gasteiger charge is 2.13. The zero-order valence-electron chi connectivity index (χ0n) is 9.96. The van der Waals surface area contributed by atoms with Crippen molar-refractivity contribution in [3.05, 3.63) is 58.3 Å². The largest absolute Gasteiger partial charge is 0.505 e. The Balaban J connectivity index is 2.60. The van der Waals surface area contributed by atoms with Crippen molar-refractivity contribution in [2.75, 3.05) is 7.11 Å². The molecule has 0 unspecified atom stereocenters. The van der Waals surface area contributed by atoms with Crippen LogP contribution < -0.4 is 5.56 Å². The van der Waals surface area contributed by atoms with E-state index in [4.69, 9.17) is 5.11 Å². The van der Waals surface area contributed by atoms with E-state index in [1.54, 1.807) is 0 Å². The summed E-state index contributed by atoms with van der Waals surface area (Å²) in [6.07, 6.45) is 1.39. The molecule has 0 amide bonds. The number of esters is 1. The van der Waals surface area contributed by atoms with Crippen LogP contribution in [0.5, 0.6) is 5.75 Å². The molecule has 2 rings (SSSR count). The number of hydrogen-bond acceptors (Lipinski definition) is 4. The third kappa shape index (κ3) is 2.33. The summed E-state index contributed by atoms with van der Waals surface area (Å²) in [6.45, 7) is 0. The van der Waals surface area contributed by atoms with Crippen LogP contribution in [0.15, 0.2) is 41.3 Å². The fourth-order valence-corrected chi connectivity index (χ4v) is 1.61. The second-order valence-corrected chi connectivity index (χ2v) is 3.72. The molecule has 98 valence electrons. The lowest BCUT2D eigenvalue weighted by Crippen LogP contribution is -2.25. The quantitative estimate of drug-likeness (QED) is 0.833. The van der Waals surface area contributed by atoms with Crippen molar-refractivity contribution < 1.29 is 19.0 Å². The monoisotopic (exact) mass is 263 g/mol. The van der Waals surface area contributed by atoms with E-state index < -0.39 is 23.1 Å². The van der Waals surface area contributed by atoms with Crippen LogP contribution in [-0.2, 0) is 4.74 Å². The average Bonchev–Trinajstić information content (AvgIpc) is 2.41. The molecule has 1 heterocycles. The fourth-order valence-electron chi connectivity index (χ4n) is 1.61. The lowest BCUT2D eigenvalue weighted by molar-refractivity contribution is 0.0598. The molecule has 0 bridgehead atoms. The molecule has 0 aliphatic rings. The number of methoxy groups -OCH3 is 1. The third-order valence-electron chi connectivity index (χ3n) is 2.56. The average molecular weight is 263 g/mol. The maximum atomic E-state index is 13.3. The lowest BCUT2D eigenvalue weighted by atomic mass is 10.2. The van der Waals surface area contributed by atoms with Gasteiger partial charge in [0.2, 0.25) is 0 Å². The number of phenolic OH excluding ortho intramolecular Hbond substituents is 1. The molecule has 5 nitrogen and oxygen atoms in total. The van der Waals surface area contributed by atoms with Gasteiger partial charge in [0.25, 0.3) is 5.56 Å². The van der Waals surface area contributed by atoms with Crippen molar-refractivity contribution in [3.63, 3.8) is 0 Å². The van der Waals surface area contributed by atoms with E-state index >= 15 is 0 Å². The Hall–Kier alpha value is -2.63. The standard InChI is InChI=1S/C13H10FNO4/c1-19-13(18)9-3-2-6-15(12(9)17)8-4-5-11(16)10(14)7-8/h2-7,16H,1H3. The number of pyridine rings is 1. The molecule has 0 fully saturated rings. The molecule has 6 heteroatoms. The predicted molar refractivity (Wildman–Crippen MR) is 65.0 cm³/mol. The second-order valence-electron chi connectivity index (χ2n) is 3.72. The number of rotatable bonds is 2. The first kappa shape index (κ1) is 12.8. The molecule has 0 saturated heterocycles.